The van der Waals surface area contributed by atoms with E-state index in [4.69, 9.17) is 9.15 Å². The van der Waals surface area contributed by atoms with Crippen LogP contribution in [0.5, 0.6) is 5.75 Å². The zero-order chi connectivity index (χ0) is 18.0. The van der Waals surface area contributed by atoms with Gasteiger partial charge in [-0.1, -0.05) is 30.3 Å². The molecule has 3 rings (SSSR count). The maximum absolute atomic E-state index is 12.1. The van der Waals surface area contributed by atoms with Crippen molar-refractivity contribution < 1.29 is 9.15 Å². The molecule has 1 heterocycles. The van der Waals surface area contributed by atoms with E-state index in [1.165, 1.54) is 4.57 Å². The normalized spacial score (nSPS) is 11.0. The van der Waals surface area contributed by atoms with Crippen LogP contribution in [0.25, 0.3) is 10.9 Å². The van der Waals surface area contributed by atoms with E-state index in [-0.39, 0.29) is 0 Å². The molecule has 0 saturated carbocycles. The van der Waals surface area contributed by atoms with Crippen molar-refractivity contribution in [2.75, 3.05) is 6.61 Å². The predicted octanol–water partition coefficient (Wildman–Crippen LogP) is 3.35. The van der Waals surface area contributed by atoms with Crippen LogP contribution in [0.4, 0.5) is 0 Å². The molecule has 0 bridgehead atoms. The van der Waals surface area contributed by atoms with Crippen molar-refractivity contribution in [3.8, 4) is 5.75 Å². The van der Waals surface area contributed by atoms with E-state index in [1.54, 1.807) is 12.1 Å². The standard InChI is InChI=1S/C20H21NO4/c1-13-7-5-10-16-17(13)21(20(23)25-19(16)22)11-6-12-24-18-14(2)8-4-9-15(18)3/h4-5,7-10H,6,11-12H2,1-3H3. The molecule has 2 aromatic carbocycles. The maximum Gasteiger partial charge on any atom is 0.422 e. The van der Waals surface area contributed by atoms with Crippen LogP contribution in [0.15, 0.2) is 50.4 Å². The largest absolute Gasteiger partial charge is 0.493 e. The van der Waals surface area contributed by atoms with Gasteiger partial charge in [0.1, 0.15) is 5.75 Å². The van der Waals surface area contributed by atoms with Gasteiger partial charge in [0.25, 0.3) is 0 Å². The molecule has 0 aliphatic carbocycles. The highest BCUT2D eigenvalue weighted by molar-refractivity contribution is 5.80. The van der Waals surface area contributed by atoms with Crippen LogP contribution >= 0.6 is 0 Å². The summed E-state index contributed by atoms with van der Waals surface area (Å²) in [5, 5.41) is 0.426. The predicted molar refractivity (Wildman–Crippen MR) is 97.5 cm³/mol. The summed E-state index contributed by atoms with van der Waals surface area (Å²) in [5.41, 5.74) is 3.09. The third-order valence-electron chi connectivity index (χ3n) is 4.31. The fourth-order valence-corrected chi connectivity index (χ4v) is 3.09. The van der Waals surface area contributed by atoms with Crippen molar-refractivity contribution in [1.82, 2.24) is 4.57 Å². The fourth-order valence-electron chi connectivity index (χ4n) is 3.09. The lowest BCUT2D eigenvalue weighted by molar-refractivity contribution is 0.293. The minimum absolute atomic E-state index is 0.425. The number of hydrogen-bond donors (Lipinski definition) is 0. The first kappa shape index (κ1) is 17.0. The van der Waals surface area contributed by atoms with Gasteiger partial charge >= 0.3 is 11.4 Å². The first-order valence-electron chi connectivity index (χ1n) is 8.31. The molecule has 0 spiro atoms. The second-order valence-electron chi connectivity index (χ2n) is 6.20. The molecule has 0 unspecified atom stereocenters. The molecule has 0 aliphatic heterocycles. The van der Waals surface area contributed by atoms with Crippen molar-refractivity contribution in [3.05, 3.63) is 74.1 Å². The number of benzene rings is 2. The molecule has 0 amide bonds. The monoisotopic (exact) mass is 339 g/mol. The Morgan fingerprint density at radius 1 is 0.960 bits per heavy atom. The molecule has 0 N–H and O–H groups in total. The summed E-state index contributed by atoms with van der Waals surface area (Å²) in [7, 11) is 0. The molecule has 0 atom stereocenters. The van der Waals surface area contributed by atoms with Crippen LogP contribution in [0.3, 0.4) is 0 Å². The van der Waals surface area contributed by atoms with E-state index in [9.17, 15) is 9.59 Å². The Hall–Kier alpha value is -2.82. The second kappa shape index (κ2) is 6.97. The number of nitrogens with zero attached hydrogens (tertiary/aromatic N) is 1. The minimum atomic E-state index is -0.626. The number of fused-ring (bicyclic) bond motifs is 1. The van der Waals surface area contributed by atoms with E-state index >= 15 is 0 Å². The molecule has 1 aromatic heterocycles. The van der Waals surface area contributed by atoms with Crippen molar-refractivity contribution in [3.63, 3.8) is 0 Å². The van der Waals surface area contributed by atoms with Gasteiger partial charge in [0.05, 0.1) is 17.5 Å². The van der Waals surface area contributed by atoms with E-state index in [0.29, 0.717) is 30.5 Å². The van der Waals surface area contributed by atoms with Gasteiger partial charge < -0.3 is 9.15 Å². The lowest BCUT2D eigenvalue weighted by atomic mass is 10.1. The minimum Gasteiger partial charge on any atom is -0.493 e. The highest BCUT2D eigenvalue weighted by Gasteiger charge is 2.11. The van der Waals surface area contributed by atoms with Gasteiger partial charge in [-0.2, -0.15) is 0 Å². The molecule has 3 aromatic rings. The van der Waals surface area contributed by atoms with Crippen LogP contribution in [-0.2, 0) is 6.54 Å². The Labute approximate surface area is 145 Å². The Kier molecular flexibility index (Phi) is 4.74. The van der Waals surface area contributed by atoms with Gasteiger partial charge in [-0.3, -0.25) is 4.57 Å². The number of ether oxygens (including phenoxy) is 1. The molecule has 0 fully saturated rings. The summed E-state index contributed by atoms with van der Waals surface area (Å²) in [6.45, 7) is 6.80. The smallest absolute Gasteiger partial charge is 0.422 e. The molecule has 5 nitrogen and oxygen atoms in total. The summed E-state index contributed by atoms with van der Waals surface area (Å²) >= 11 is 0. The Balaban J connectivity index is 1.80. The van der Waals surface area contributed by atoms with Gasteiger partial charge in [-0.05, 0) is 49.9 Å². The summed E-state index contributed by atoms with van der Waals surface area (Å²) in [6, 6.07) is 11.4. The average molecular weight is 339 g/mol. The van der Waals surface area contributed by atoms with E-state index in [0.717, 1.165) is 22.4 Å². The number of aryl methyl sites for hydroxylation is 4. The van der Waals surface area contributed by atoms with E-state index < -0.39 is 11.4 Å². The Morgan fingerprint density at radius 2 is 1.60 bits per heavy atom. The summed E-state index contributed by atoms with van der Waals surface area (Å²) < 4.78 is 12.2. The SMILES string of the molecule is Cc1cccc(C)c1OCCCn1c(=O)oc(=O)c2cccc(C)c21. The van der Waals surface area contributed by atoms with Gasteiger partial charge in [0.2, 0.25) is 0 Å². The van der Waals surface area contributed by atoms with Crippen molar-refractivity contribution in [2.45, 2.75) is 33.7 Å². The first-order chi connectivity index (χ1) is 12.0. The molecule has 0 aliphatic rings. The van der Waals surface area contributed by atoms with Crippen molar-refractivity contribution in [1.29, 1.82) is 0 Å². The van der Waals surface area contributed by atoms with Crippen LogP contribution in [0.2, 0.25) is 0 Å². The van der Waals surface area contributed by atoms with Gasteiger partial charge in [0.15, 0.2) is 0 Å². The van der Waals surface area contributed by atoms with Gasteiger partial charge in [-0.25, -0.2) is 9.59 Å². The maximum atomic E-state index is 12.1. The zero-order valence-corrected chi connectivity index (χ0v) is 14.7. The highest BCUT2D eigenvalue weighted by Crippen LogP contribution is 2.22. The topological polar surface area (TPSA) is 61.4 Å². The van der Waals surface area contributed by atoms with Crippen LogP contribution in [0, 0.1) is 20.8 Å². The summed E-state index contributed by atoms with van der Waals surface area (Å²) in [6.07, 6.45) is 0.630. The lowest BCUT2D eigenvalue weighted by Crippen LogP contribution is -2.26. The molecule has 25 heavy (non-hydrogen) atoms. The van der Waals surface area contributed by atoms with Crippen molar-refractivity contribution >= 4 is 10.9 Å². The van der Waals surface area contributed by atoms with Gasteiger partial charge in [-0.15, -0.1) is 0 Å². The fraction of sp³-hybridized carbons (Fsp3) is 0.300. The molecular weight excluding hydrogens is 318 g/mol. The number of aromatic nitrogens is 1. The molecule has 5 heteroatoms. The Morgan fingerprint density at radius 3 is 2.32 bits per heavy atom. The molecular formula is C20H21NO4. The number of hydrogen-bond acceptors (Lipinski definition) is 4. The third-order valence-corrected chi connectivity index (χ3v) is 4.31. The van der Waals surface area contributed by atoms with Crippen molar-refractivity contribution in [2.24, 2.45) is 0 Å². The lowest BCUT2D eigenvalue weighted by Gasteiger charge is -2.13. The third kappa shape index (κ3) is 3.36. The van der Waals surface area contributed by atoms with Crippen LogP contribution in [0.1, 0.15) is 23.1 Å². The van der Waals surface area contributed by atoms with Crippen LogP contribution in [-0.4, -0.2) is 11.2 Å². The molecule has 0 saturated heterocycles. The van der Waals surface area contributed by atoms with Crippen LogP contribution < -0.4 is 16.1 Å². The first-order valence-corrected chi connectivity index (χ1v) is 8.31. The Bertz CT molecular complexity index is 1010. The number of para-hydroxylation sites is 2. The highest BCUT2D eigenvalue weighted by atomic mass is 16.5. The van der Waals surface area contributed by atoms with E-state index in [2.05, 4.69) is 0 Å². The second-order valence-corrected chi connectivity index (χ2v) is 6.20. The number of rotatable bonds is 5. The quantitative estimate of drug-likeness (QED) is 0.669. The van der Waals surface area contributed by atoms with E-state index in [1.807, 2.05) is 45.0 Å². The zero-order valence-electron chi connectivity index (χ0n) is 14.7. The average Bonchev–Trinajstić information content (AvgIpc) is 2.56. The molecule has 130 valence electrons. The summed E-state index contributed by atoms with van der Waals surface area (Å²) in [4.78, 5) is 24.0. The van der Waals surface area contributed by atoms with Gasteiger partial charge in [0, 0.05) is 6.54 Å². The molecule has 0 radical (unpaired) electrons. The summed E-state index contributed by atoms with van der Waals surface area (Å²) in [5.74, 6) is 0.259.